The van der Waals surface area contributed by atoms with Gasteiger partial charge in [0.15, 0.2) is 0 Å². The number of nitrogens with one attached hydrogen (secondary N) is 1. The van der Waals surface area contributed by atoms with Crippen LogP contribution >= 0.6 is 0 Å². The Kier molecular flexibility index (Phi) is 4.04. The lowest BCUT2D eigenvalue weighted by Crippen LogP contribution is -2.45. The van der Waals surface area contributed by atoms with E-state index in [-0.39, 0.29) is 18.6 Å². The molecular weight excluding hydrogens is 244 g/mol. The Morgan fingerprint density at radius 1 is 1.42 bits per heavy atom. The van der Waals surface area contributed by atoms with E-state index in [2.05, 4.69) is 5.32 Å². The first-order valence-electron chi connectivity index (χ1n) is 6.44. The zero-order valence-electron chi connectivity index (χ0n) is 11.2. The maximum Gasteiger partial charge on any atom is 0.325 e. The third-order valence-electron chi connectivity index (χ3n) is 3.12. The maximum atomic E-state index is 12.1. The summed E-state index contributed by atoms with van der Waals surface area (Å²) in [5.74, 6) is -0.420. The van der Waals surface area contributed by atoms with Crippen molar-refractivity contribution < 1.29 is 14.3 Å². The molecule has 1 aliphatic heterocycles. The Balaban J connectivity index is 2.01. The minimum absolute atomic E-state index is 0.0968. The highest BCUT2D eigenvalue weighted by atomic mass is 16.5. The van der Waals surface area contributed by atoms with Crippen LogP contribution in [0.25, 0.3) is 0 Å². The normalized spacial score (nSPS) is 16.9. The predicted molar refractivity (Wildman–Crippen MR) is 72.1 cm³/mol. The van der Waals surface area contributed by atoms with Crippen LogP contribution in [0.15, 0.2) is 24.3 Å². The topological polar surface area (TPSA) is 58.6 Å². The summed E-state index contributed by atoms with van der Waals surface area (Å²) in [7, 11) is 0. The summed E-state index contributed by atoms with van der Waals surface area (Å²) in [5, 5.41) is 2.59. The van der Waals surface area contributed by atoms with Crippen LogP contribution in [-0.4, -0.2) is 31.2 Å². The summed E-state index contributed by atoms with van der Waals surface area (Å²) in [5.41, 5.74) is 2.07. The highest BCUT2D eigenvalue weighted by Gasteiger charge is 2.30. The van der Waals surface area contributed by atoms with Crippen molar-refractivity contribution in [2.45, 2.75) is 26.3 Å². The number of para-hydroxylation sites is 1. The van der Waals surface area contributed by atoms with Gasteiger partial charge in [0.2, 0.25) is 0 Å². The van der Waals surface area contributed by atoms with Gasteiger partial charge in [-0.2, -0.15) is 0 Å². The van der Waals surface area contributed by atoms with Gasteiger partial charge in [-0.15, -0.1) is 0 Å². The largest absolute Gasteiger partial charge is 0.465 e. The molecule has 0 fully saturated rings. The molecule has 5 nitrogen and oxygen atoms in total. The fourth-order valence-corrected chi connectivity index (χ4v) is 2.32. The number of anilines is 1. The highest BCUT2D eigenvalue weighted by molar-refractivity contribution is 5.96. The molecule has 1 aromatic carbocycles. The first-order chi connectivity index (χ1) is 9.13. The predicted octanol–water partition coefficient (Wildman–Crippen LogP) is 1.71. The van der Waals surface area contributed by atoms with Crippen molar-refractivity contribution in [3.63, 3.8) is 0 Å². The van der Waals surface area contributed by atoms with Crippen molar-refractivity contribution in [1.29, 1.82) is 0 Å². The Labute approximate surface area is 112 Å². The van der Waals surface area contributed by atoms with Crippen molar-refractivity contribution in [2.24, 2.45) is 0 Å². The third kappa shape index (κ3) is 2.86. The van der Waals surface area contributed by atoms with E-state index in [4.69, 9.17) is 4.74 Å². The zero-order valence-corrected chi connectivity index (χ0v) is 11.2. The van der Waals surface area contributed by atoms with Gasteiger partial charge < -0.3 is 10.1 Å². The Bertz CT molecular complexity index is 487. The van der Waals surface area contributed by atoms with E-state index in [0.717, 1.165) is 17.7 Å². The molecule has 2 amide bonds. The van der Waals surface area contributed by atoms with Crippen LogP contribution in [0.2, 0.25) is 0 Å². The van der Waals surface area contributed by atoms with Gasteiger partial charge in [0.1, 0.15) is 6.54 Å². The smallest absolute Gasteiger partial charge is 0.325 e. The van der Waals surface area contributed by atoms with E-state index in [9.17, 15) is 9.59 Å². The van der Waals surface area contributed by atoms with Crippen LogP contribution in [0.5, 0.6) is 0 Å². The van der Waals surface area contributed by atoms with E-state index >= 15 is 0 Å². The number of rotatable bonds is 3. The summed E-state index contributed by atoms with van der Waals surface area (Å²) in [4.78, 5) is 25.1. The fourth-order valence-electron chi connectivity index (χ4n) is 2.32. The summed E-state index contributed by atoms with van der Waals surface area (Å²) in [6.07, 6.45) is 0.836. The van der Waals surface area contributed by atoms with E-state index < -0.39 is 5.97 Å². The summed E-state index contributed by atoms with van der Waals surface area (Å²) < 4.78 is 4.78. The number of benzene rings is 1. The van der Waals surface area contributed by atoms with Crippen LogP contribution in [0.4, 0.5) is 10.5 Å². The minimum atomic E-state index is -0.420. The molecule has 19 heavy (non-hydrogen) atoms. The molecule has 0 bridgehead atoms. The number of amides is 2. The molecule has 1 N–H and O–H groups in total. The summed E-state index contributed by atoms with van der Waals surface area (Å²) in [6, 6.07) is 7.64. The monoisotopic (exact) mass is 262 g/mol. The second-order valence-electron chi connectivity index (χ2n) is 4.52. The van der Waals surface area contributed by atoms with Gasteiger partial charge in [-0.1, -0.05) is 18.2 Å². The molecule has 1 heterocycles. The molecule has 102 valence electrons. The number of carbonyl (C=O) groups is 2. The maximum absolute atomic E-state index is 12.1. The van der Waals surface area contributed by atoms with E-state index in [1.807, 2.05) is 31.2 Å². The van der Waals surface area contributed by atoms with Crippen molar-refractivity contribution >= 4 is 17.7 Å². The molecule has 0 unspecified atom stereocenters. The number of carbonyl (C=O) groups excluding carboxylic acids is 2. The first-order valence-corrected chi connectivity index (χ1v) is 6.44. The van der Waals surface area contributed by atoms with Gasteiger partial charge in [0.05, 0.1) is 6.61 Å². The van der Waals surface area contributed by atoms with Crippen molar-refractivity contribution in [1.82, 2.24) is 5.32 Å². The number of ether oxygens (including phenoxy) is 1. The second-order valence-corrected chi connectivity index (χ2v) is 4.52. The fraction of sp³-hybridized carbons (Fsp3) is 0.429. The number of hydrogen-bond acceptors (Lipinski definition) is 3. The lowest BCUT2D eigenvalue weighted by atomic mass is 10.1. The highest BCUT2D eigenvalue weighted by Crippen LogP contribution is 2.31. The lowest BCUT2D eigenvalue weighted by molar-refractivity contribution is -0.141. The third-order valence-corrected chi connectivity index (χ3v) is 3.12. The summed E-state index contributed by atoms with van der Waals surface area (Å²) in [6.45, 7) is 3.94. The van der Waals surface area contributed by atoms with Crippen LogP contribution in [0, 0.1) is 0 Å². The van der Waals surface area contributed by atoms with Crippen molar-refractivity contribution in [3.05, 3.63) is 29.8 Å². The molecule has 2 rings (SSSR count). The molecule has 0 radical (unpaired) electrons. The van der Waals surface area contributed by atoms with Gasteiger partial charge >= 0.3 is 12.0 Å². The lowest BCUT2D eigenvalue weighted by Gasteiger charge is -2.22. The number of nitrogens with zero attached hydrogens (tertiary/aromatic N) is 1. The van der Waals surface area contributed by atoms with Crippen molar-refractivity contribution in [3.8, 4) is 0 Å². The quantitative estimate of drug-likeness (QED) is 0.844. The molecule has 0 saturated carbocycles. The van der Waals surface area contributed by atoms with E-state index in [1.165, 1.54) is 0 Å². The Morgan fingerprint density at radius 3 is 2.89 bits per heavy atom. The van der Waals surface area contributed by atoms with Gasteiger partial charge in [-0.05, 0) is 31.9 Å². The summed E-state index contributed by atoms with van der Waals surface area (Å²) >= 11 is 0. The van der Waals surface area contributed by atoms with Gasteiger partial charge in [-0.25, -0.2) is 4.79 Å². The SMILES string of the molecule is CCOC(=O)CNC(=O)N1c2ccccc2C[C@@H]1C. The molecule has 0 spiro atoms. The molecular formula is C14H18N2O3. The van der Waals surface area contributed by atoms with Gasteiger partial charge in [-0.3, -0.25) is 9.69 Å². The number of fused-ring (bicyclic) bond motifs is 1. The number of hydrogen-bond donors (Lipinski definition) is 1. The molecule has 5 heteroatoms. The number of urea groups is 1. The molecule has 1 aromatic rings. The van der Waals surface area contributed by atoms with Crippen LogP contribution in [0.1, 0.15) is 19.4 Å². The van der Waals surface area contributed by atoms with Crippen LogP contribution < -0.4 is 10.2 Å². The van der Waals surface area contributed by atoms with Crippen molar-refractivity contribution in [2.75, 3.05) is 18.1 Å². The standard InChI is InChI=1S/C14H18N2O3/c1-3-19-13(17)9-15-14(18)16-10(2)8-11-6-4-5-7-12(11)16/h4-7,10H,3,8-9H2,1-2H3,(H,15,18)/t10-/m0/s1. The Hall–Kier alpha value is -2.04. The Morgan fingerprint density at radius 2 is 2.16 bits per heavy atom. The van der Waals surface area contributed by atoms with Gasteiger partial charge in [0.25, 0.3) is 0 Å². The van der Waals surface area contributed by atoms with E-state index in [0.29, 0.717) is 6.61 Å². The first kappa shape index (κ1) is 13.4. The van der Waals surface area contributed by atoms with Crippen LogP contribution in [-0.2, 0) is 16.0 Å². The van der Waals surface area contributed by atoms with Gasteiger partial charge in [0, 0.05) is 11.7 Å². The number of esters is 1. The van der Waals surface area contributed by atoms with E-state index in [1.54, 1.807) is 11.8 Å². The molecule has 0 aliphatic carbocycles. The zero-order chi connectivity index (χ0) is 13.8. The average molecular weight is 262 g/mol. The average Bonchev–Trinajstić information content (AvgIpc) is 2.72. The minimum Gasteiger partial charge on any atom is -0.465 e. The molecule has 1 aliphatic rings. The van der Waals surface area contributed by atoms with Crippen LogP contribution in [0.3, 0.4) is 0 Å². The second kappa shape index (κ2) is 5.73. The molecule has 0 saturated heterocycles. The molecule has 0 aromatic heterocycles. The molecule has 1 atom stereocenters.